The van der Waals surface area contributed by atoms with Gasteiger partial charge in [0.15, 0.2) is 5.69 Å². The number of carbonyl (C=O) groups is 1. The van der Waals surface area contributed by atoms with Gasteiger partial charge in [0, 0.05) is 31.4 Å². The first-order chi connectivity index (χ1) is 12.0. The fourth-order valence-electron chi connectivity index (χ4n) is 2.29. The summed E-state index contributed by atoms with van der Waals surface area (Å²) in [5.41, 5.74) is 0.207. The molecule has 1 saturated heterocycles. The minimum atomic E-state index is -0.279. The lowest BCUT2D eigenvalue weighted by Gasteiger charge is -2.22. The van der Waals surface area contributed by atoms with Crippen LogP contribution >= 0.6 is 34.8 Å². The average Bonchev–Trinajstić information content (AvgIpc) is 2.61. The van der Waals surface area contributed by atoms with Crippen LogP contribution in [0.3, 0.4) is 0 Å². The lowest BCUT2D eigenvalue weighted by molar-refractivity contribution is 0.0693. The van der Waals surface area contributed by atoms with Crippen LogP contribution in [0.1, 0.15) is 23.3 Å². The van der Waals surface area contributed by atoms with Crippen molar-refractivity contribution in [2.24, 2.45) is 0 Å². The monoisotopic (exact) mass is 401 g/mol. The lowest BCUT2D eigenvalue weighted by Crippen LogP contribution is -2.39. The molecule has 1 aliphatic heterocycles. The van der Waals surface area contributed by atoms with E-state index in [0.717, 1.165) is 12.8 Å². The van der Waals surface area contributed by atoms with E-state index < -0.39 is 0 Å². The molecule has 0 bridgehead atoms. The van der Waals surface area contributed by atoms with Crippen molar-refractivity contribution >= 4 is 40.7 Å². The van der Waals surface area contributed by atoms with Crippen molar-refractivity contribution in [3.63, 3.8) is 0 Å². The average molecular weight is 403 g/mol. The van der Waals surface area contributed by atoms with Crippen LogP contribution in [0.4, 0.5) is 0 Å². The molecule has 0 unspecified atom stereocenters. The summed E-state index contributed by atoms with van der Waals surface area (Å²) in [6.45, 7) is 1.29. The summed E-state index contributed by atoms with van der Waals surface area (Å²) in [5.74, 6) is 0.200. The summed E-state index contributed by atoms with van der Waals surface area (Å²) in [7, 11) is 0. The highest BCUT2D eigenvalue weighted by Gasteiger charge is 2.18. The van der Waals surface area contributed by atoms with Crippen LogP contribution in [0, 0.1) is 0 Å². The third-order valence-corrected chi connectivity index (χ3v) is 4.64. The Labute approximate surface area is 159 Å². The second-order valence-electron chi connectivity index (χ2n) is 5.42. The number of benzene rings is 1. The predicted octanol–water partition coefficient (Wildman–Crippen LogP) is 4.14. The van der Waals surface area contributed by atoms with Crippen molar-refractivity contribution in [3.05, 3.63) is 45.0 Å². The summed E-state index contributed by atoms with van der Waals surface area (Å²) in [5, 5.41) is 11.6. The smallest absolute Gasteiger partial charge is 0.272 e. The Bertz CT molecular complexity index is 765. The van der Waals surface area contributed by atoms with Crippen LogP contribution in [0.15, 0.2) is 24.3 Å². The Kier molecular flexibility index (Phi) is 5.96. The van der Waals surface area contributed by atoms with Gasteiger partial charge < -0.3 is 14.8 Å². The third-order valence-electron chi connectivity index (χ3n) is 3.62. The molecule has 2 aromatic rings. The highest BCUT2D eigenvalue weighted by atomic mass is 35.5. The van der Waals surface area contributed by atoms with Gasteiger partial charge >= 0.3 is 0 Å². The van der Waals surface area contributed by atoms with E-state index in [1.807, 2.05) is 0 Å². The highest BCUT2D eigenvalue weighted by molar-refractivity contribution is 6.43. The SMILES string of the molecule is O=C(NC1CCOCC1)c1ccc(Oc2cc(Cl)c(Cl)cc2Cl)nn1. The van der Waals surface area contributed by atoms with Crippen LogP contribution in [-0.2, 0) is 4.74 Å². The van der Waals surface area contributed by atoms with Crippen molar-refractivity contribution < 1.29 is 14.3 Å². The molecule has 1 N–H and O–H groups in total. The molecule has 0 radical (unpaired) electrons. The number of hydrogen-bond donors (Lipinski definition) is 1. The van der Waals surface area contributed by atoms with Gasteiger partial charge in [-0.2, -0.15) is 0 Å². The normalized spacial score (nSPS) is 15.0. The van der Waals surface area contributed by atoms with E-state index in [1.165, 1.54) is 24.3 Å². The fraction of sp³-hybridized carbons (Fsp3) is 0.312. The van der Waals surface area contributed by atoms with Gasteiger partial charge in [0.05, 0.1) is 15.1 Å². The zero-order valence-corrected chi connectivity index (χ0v) is 15.2. The molecule has 25 heavy (non-hydrogen) atoms. The van der Waals surface area contributed by atoms with Gasteiger partial charge in [0.25, 0.3) is 5.91 Å². The molecular formula is C16H14Cl3N3O3. The van der Waals surface area contributed by atoms with Crippen LogP contribution in [-0.4, -0.2) is 35.4 Å². The Hall–Kier alpha value is -1.60. The van der Waals surface area contributed by atoms with Crippen molar-refractivity contribution in [1.82, 2.24) is 15.5 Å². The van der Waals surface area contributed by atoms with Crippen LogP contribution in [0.5, 0.6) is 11.6 Å². The molecule has 2 heterocycles. The largest absolute Gasteiger partial charge is 0.436 e. The molecule has 1 amide bonds. The molecule has 0 aliphatic carbocycles. The number of aromatic nitrogens is 2. The summed E-state index contributed by atoms with van der Waals surface area (Å²) in [6.07, 6.45) is 1.58. The molecule has 1 fully saturated rings. The van der Waals surface area contributed by atoms with E-state index in [2.05, 4.69) is 15.5 Å². The van der Waals surface area contributed by atoms with E-state index in [4.69, 9.17) is 44.3 Å². The predicted molar refractivity (Wildman–Crippen MR) is 94.9 cm³/mol. The molecule has 0 saturated carbocycles. The zero-order chi connectivity index (χ0) is 17.8. The van der Waals surface area contributed by atoms with Gasteiger partial charge in [-0.1, -0.05) is 34.8 Å². The number of ether oxygens (including phenoxy) is 2. The number of hydrogen-bond acceptors (Lipinski definition) is 5. The molecule has 0 spiro atoms. The van der Waals surface area contributed by atoms with E-state index in [9.17, 15) is 4.79 Å². The number of amides is 1. The summed E-state index contributed by atoms with van der Waals surface area (Å²) >= 11 is 17.9. The Morgan fingerprint density at radius 2 is 1.80 bits per heavy atom. The quantitative estimate of drug-likeness (QED) is 0.778. The number of rotatable bonds is 4. The fourth-order valence-corrected chi connectivity index (χ4v) is 2.87. The number of nitrogens with one attached hydrogen (secondary N) is 1. The minimum Gasteiger partial charge on any atom is -0.436 e. The van der Waals surface area contributed by atoms with Gasteiger partial charge in [-0.25, -0.2) is 0 Å². The van der Waals surface area contributed by atoms with Crippen molar-refractivity contribution in [3.8, 4) is 11.6 Å². The molecule has 1 aliphatic rings. The molecule has 1 aromatic heterocycles. The zero-order valence-electron chi connectivity index (χ0n) is 13.0. The van der Waals surface area contributed by atoms with Crippen LogP contribution in [0.25, 0.3) is 0 Å². The van der Waals surface area contributed by atoms with Crippen LogP contribution < -0.4 is 10.1 Å². The molecule has 6 nitrogen and oxygen atoms in total. The van der Waals surface area contributed by atoms with E-state index in [0.29, 0.717) is 29.0 Å². The van der Waals surface area contributed by atoms with Gasteiger partial charge in [-0.15, -0.1) is 10.2 Å². The molecule has 0 atom stereocenters. The maximum atomic E-state index is 12.2. The standard InChI is InChI=1S/C16H14Cl3N3O3/c17-10-7-12(19)14(8-11(10)18)25-15-2-1-13(21-22-15)16(23)20-9-3-5-24-6-4-9/h1-2,7-9H,3-6H2,(H,20,23). The second-order valence-corrected chi connectivity index (χ2v) is 6.64. The molecule has 132 valence electrons. The Balaban J connectivity index is 1.65. The Morgan fingerprint density at radius 1 is 1.08 bits per heavy atom. The van der Waals surface area contributed by atoms with Crippen LogP contribution in [0.2, 0.25) is 15.1 Å². The first-order valence-electron chi connectivity index (χ1n) is 7.57. The summed E-state index contributed by atoms with van der Waals surface area (Å²) < 4.78 is 10.8. The lowest BCUT2D eigenvalue weighted by atomic mass is 10.1. The molecule has 1 aromatic carbocycles. The summed E-state index contributed by atoms with van der Waals surface area (Å²) in [4.78, 5) is 12.2. The number of halogens is 3. The number of carbonyl (C=O) groups excluding carboxylic acids is 1. The first kappa shape index (κ1) is 18.2. The van der Waals surface area contributed by atoms with Gasteiger partial charge in [0.1, 0.15) is 5.75 Å². The maximum absolute atomic E-state index is 12.2. The van der Waals surface area contributed by atoms with Crippen molar-refractivity contribution in [1.29, 1.82) is 0 Å². The summed E-state index contributed by atoms with van der Waals surface area (Å²) in [6, 6.07) is 6.12. The van der Waals surface area contributed by atoms with Gasteiger partial charge in [0.2, 0.25) is 5.88 Å². The molecule has 3 rings (SSSR count). The van der Waals surface area contributed by atoms with Gasteiger partial charge in [-0.3, -0.25) is 4.79 Å². The maximum Gasteiger partial charge on any atom is 0.272 e. The number of nitrogens with zero attached hydrogens (tertiary/aromatic N) is 2. The van der Waals surface area contributed by atoms with E-state index in [-0.39, 0.29) is 28.5 Å². The third kappa shape index (κ3) is 4.73. The Morgan fingerprint density at radius 3 is 2.48 bits per heavy atom. The molecule has 9 heteroatoms. The van der Waals surface area contributed by atoms with Gasteiger partial charge in [-0.05, 0) is 25.0 Å². The minimum absolute atomic E-state index is 0.0917. The molecular weight excluding hydrogens is 389 g/mol. The topological polar surface area (TPSA) is 73.3 Å². The van der Waals surface area contributed by atoms with Crippen molar-refractivity contribution in [2.75, 3.05) is 13.2 Å². The van der Waals surface area contributed by atoms with E-state index >= 15 is 0 Å². The second kappa shape index (κ2) is 8.19. The van der Waals surface area contributed by atoms with Crippen molar-refractivity contribution in [2.45, 2.75) is 18.9 Å². The van der Waals surface area contributed by atoms with E-state index in [1.54, 1.807) is 0 Å². The highest BCUT2D eigenvalue weighted by Crippen LogP contribution is 2.35. The first-order valence-corrected chi connectivity index (χ1v) is 8.71.